The van der Waals surface area contributed by atoms with Gasteiger partial charge in [-0.2, -0.15) is 9.90 Å². The van der Waals surface area contributed by atoms with Crippen LogP contribution < -0.4 is 4.74 Å². The lowest BCUT2D eigenvalue weighted by atomic mass is 9.79. The van der Waals surface area contributed by atoms with Gasteiger partial charge in [0.05, 0.1) is 7.11 Å². The molecule has 0 bridgehead atoms. The lowest BCUT2D eigenvalue weighted by molar-refractivity contribution is 0.381. The van der Waals surface area contributed by atoms with E-state index in [9.17, 15) is 0 Å². The highest BCUT2D eigenvalue weighted by Gasteiger charge is 2.26. The van der Waals surface area contributed by atoms with Crippen LogP contribution in [0.15, 0.2) is 12.1 Å². The van der Waals surface area contributed by atoms with Gasteiger partial charge < -0.3 is 4.74 Å². The molecule has 0 fully saturated rings. The van der Waals surface area contributed by atoms with Crippen molar-refractivity contribution >= 4 is 32.5 Å². The summed E-state index contributed by atoms with van der Waals surface area (Å²) < 4.78 is 6.96. The Labute approximate surface area is 129 Å². The second-order valence-electron chi connectivity index (χ2n) is 6.53. The summed E-state index contributed by atoms with van der Waals surface area (Å²) in [6.45, 7) is 13.4. The number of hydrogen-bond donors (Lipinski definition) is 0. The van der Waals surface area contributed by atoms with Crippen molar-refractivity contribution < 1.29 is 4.74 Å². The lowest BCUT2D eigenvalue weighted by Crippen LogP contribution is -2.19. The Kier molecular flexibility index (Phi) is 6.15. The molecule has 1 nitrogen and oxygen atoms in total. The lowest BCUT2D eigenvalue weighted by Gasteiger charge is -2.29. The van der Waals surface area contributed by atoms with E-state index in [0.717, 1.165) is 5.75 Å². The zero-order chi connectivity index (χ0) is 13.4. The zero-order valence-electron chi connectivity index (χ0n) is 12.6. The summed E-state index contributed by atoms with van der Waals surface area (Å²) >= 11 is 2.39. The van der Waals surface area contributed by atoms with Gasteiger partial charge in [-0.3, -0.25) is 0 Å². The van der Waals surface area contributed by atoms with Crippen molar-refractivity contribution in [1.82, 2.24) is 0 Å². The van der Waals surface area contributed by atoms with Crippen molar-refractivity contribution in [1.29, 1.82) is 0 Å². The molecule has 0 aliphatic rings. The van der Waals surface area contributed by atoms with Crippen molar-refractivity contribution in [3.8, 4) is 5.75 Å². The van der Waals surface area contributed by atoms with Gasteiger partial charge in [0.1, 0.15) is 5.75 Å². The Bertz CT molecular complexity index is 378. The second-order valence-corrected chi connectivity index (χ2v) is 7.78. The number of halogens is 1. The third-order valence-electron chi connectivity index (χ3n) is 2.87. The van der Waals surface area contributed by atoms with E-state index in [0.29, 0.717) is 0 Å². The molecule has 0 aliphatic carbocycles. The van der Waals surface area contributed by atoms with Gasteiger partial charge in [0.2, 0.25) is 0 Å². The molecule has 0 N–H and O–H groups in total. The smallest absolute Gasteiger partial charge is 0.126 e. The minimum atomic E-state index is 0. The zero-order valence-corrected chi connectivity index (χ0v) is 16.2. The molecule has 104 valence electrons. The van der Waals surface area contributed by atoms with Crippen LogP contribution in [0, 0.1) is 3.57 Å². The molecule has 1 aromatic rings. The van der Waals surface area contributed by atoms with Gasteiger partial charge in [-0.15, -0.1) is 0 Å². The molecule has 0 amide bonds. The van der Waals surface area contributed by atoms with Crippen LogP contribution in [0.4, 0.5) is 0 Å². The Hall–Kier alpha value is 0.180. The molecule has 3 heteroatoms. The fourth-order valence-corrected chi connectivity index (χ4v) is 2.55. The third kappa shape index (κ3) is 4.09. The Morgan fingerprint density at radius 2 is 1.22 bits per heavy atom. The first-order chi connectivity index (χ1) is 7.57. The third-order valence-corrected chi connectivity index (χ3v) is 3.50. The summed E-state index contributed by atoms with van der Waals surface area (Å²) in [4.78, 5) is 0. The Balaban J connectivity index is 0.00000289. The first-order valence-corrected chi connectivity index (χ1v) is 7.03. The molecular formula is C15H26IOP. The van der Waals surface area contributed by atoms with E-state index in [4.69, 9.17) is 4.74 Å². The molecular weight excluding hydrogens is 354 g/mol. The highest BCUT2D eigenvalue weighted by molar-refractivity contribution is 14.1. The second kappa shape index (κ2) is 6.09. The quantitative estimate of drug-likeness (QED) is 0.495. The summed E-state index contributed by atoms with van der Waals surface area (Å²) in [5, 5.41) is 0. The van der Waals surface area contributed by atoms with E-state index in [1.165, 1.54) is 14.7 Å². The number of hydrogen-bond acceptors (Lipinski definition) is 1. The van der Waals surface area contributed by atoms with Crippen LogP contribution >= 0.6 is 32.5 Å². The van der Waals surface area contributed by atoms with Gasteiger partial charge in [0, 0.05) is 14.7 Å². The van der Waals surface area contributed by atoms with Gasteiger partial charge >= 0.3 is 0 Å². The fraction of sp³-hybridized carbons (Fsp3) is 0.600. The molecule has 0 heterocycles. The summed E-state index contributed by atoms with van der Waals surface area (Å²) in [6.07, 6.45) is 0. The van der Waals surface area contributed by atoms with E-state index in [2.05, 4.69) is 76.3 Å². The van der Waals surface area contributed by atoms with Crippen molar-refractivity contribution in [2.45, 2.75) is 52.4 Å². The molecule has 1 unspecified atom stereocenters. The van der Waals surface area contributed by atoms with Crippen LogP contribution in [-0.2, 0) is 10.8 Å². The fourth-order valence-electron chi connectivity index (χ4n) is 1.93. The van der Waals surface area contributed by atoms with Crippen LogP contribution in [0.3, 0.4) is 0 Å². The van der Waals surface area contributed by atoms with Gasteiger partial charge in [-0.05, 0) is 45.6 Å². The SMILES string of the molecule is COc1c(C(C)(C)C)cc(I)cc1C(C)(C)C.P. The molecule has 0 saturated heterocycles. The first-order valence-electron chi connectivity index (χ1n) is 5.96. The maximum Gasteiger partial charge on any atom is 0.126 e. The average molecular weight is 380 g/mol. The van der Waals surface area contributed by atoms with E-state index in [1.807, 2.05) is 0 Å². The van der Waals surface area contributed by atoms with Crippen LogP contribution in [-0.4, -0.2) is 7.11 Å². The van der Waals surface area contributed by atoms with Crippen molar-refractivity contribution in [3.63, 3.8) is 0 Å². The molecule has 0 saturated carbocycles. The van der Waals surface area contributed by atoms with Gasteiger partial charge in [0.15, 0.2) is 0 Å². The van der Waals surface area contributed by atoms with Crippen LogP contribution in [0.2, 0.25) is 0 Å². The van der Waals surface area contributed by atoms with Crippen molar-refractivity contribution in [2.24, 2.45) is 0 Å². The number of benzene rings is 1. The summed E-state index contributed by atoms with van der Waals surface area (Å²) in [7, 11) is 1.77. The van der Waals surface area contributed by atoms with Gasteiger partial charge in [-0.25, -0.2) is 0 Å². The molecule has 1 aromatic carbocycles. The summed E-state index contributed by atoms with van der Waals surface area (Å²) in [5.41, 5.74) is 2.78. The van der Waals surface area contributed by atoms with E-state index in [-0.39, 0.29) is 20.7 Å². The predicted octanol–water partition coefficient (Wildman–Crippen LogP) is 4.95. The molecule has 1 atom stereocenters. The van der Waals surface area contributed by atoms with E-state index >= 15 is 0 Å². The normalized spacial score (nSPS) is 12.0. The Morgan fingerprint density at radius 3 is 1.44 bits per heavy atom. The van der Waals surface area contributed by atoms with Crippen LogP contribution in [0.5, 0.6) is 5.75 Å². The maximum atomic E-state index is 5.68. The highest BCUT2D eigenvalue weighted by Crippen LogP contribution is 2.40. The number of ether oxygens (including phenoxy) is 1. The predicted molar refractivity (Wildman–Crippen MR) is 94.2 cm³/mol. The molecule has 18 heavy (non-hydrogen) atoms. The minimum Gasteiger partial charge on any atom is -0.496 e. The summed E-state index contributed by atoms with van der Waals surface area (Å²) in [5.74, 6) is 1.05. The van der Waals surface area contributed by atoms with Gasteiger partial charge in [-0.1, -0.05) is 41.5 Å². The van der Waals surface area contributed by atoms with E-state index in [1.54, 1.807) is 7.11 Å². The number of methoxy groups -OCH3 is 1. The first kappa shape index (κ1) is 18.2. The van der Waals surface area contributed by atoms with Gasteiger partial charge in [0.25, 0.3) is 0 Å². The molecule has 0 aliphatic heterocycles. The summed E-state index contributed by atoms with van der Waals surface area (Å²) in [6, 6.07) is 4.46. The highest BCUT2D eigenvalue weighted by atomic mass is 127. The standard InChI is InChI=1S/C15H23IO.H3P/c1-14(2,3)11-8-10(16)9-12(13(11)17-7)15(4,5)6;/h8-9H,1-7H3;1H3. The van der Waals surface area contributed by atoms with Crippen molar-refractivity contribution in [2.75, 3.05) is 7.11 Å². The topological polar surface area (TPSA) is 9.23 Å². The van der Waals surface area contributed by atoms with Crippen molar-refractivity contribution in [3.05, 3.63) is 26.8 Å². The Morgan fingerprint density at radius 1 is 0.889 bits per heavy atom. The largest absolute Gasteiger partial charge is 0.496 e. The molecule has 0 spiro atoms. The van der Waals surface area contributed by atoms with E-state index < -0.39 is 0 Å². The average Bonchev–Trinajstić information content (AvgIpc) is 2.13. The van der Waals surface area contributed by atoms with Crippen LogP contribution in [0.1, 0.15) is 52.7 Å². The maximum absolute atomic E-state index is 5.68. The minimum absolute atomic E-state index is 0. The van der Waals surface area contributed by atoms with Crippen LogP contribution in [0.25, 0.3) is 0 Å². The molecule has 0 aromatic heterocycles. The molecule has 0 radical (unpaired) electrons. The molecule has 1 rings (SSSR count). The monoisotopic (exact) mass is 380 g/mol. The number of rotatable bonds is 1.